The minimum atomic E-state index is -0.965. The number of likely N-dealkylation sites (tertiary alicyclic amines) is 1. The molecule has 5 rings (SSSR count). The summed E-state index contributed by atoms with van der Waals surface area (Å²) in [6, 6.07) is 4.11. The highest BCUT2D eigenvalue weighted by molar-refractivity contribution is 8.02. The first-order chi connectivity index (χ1) is 19.1. The van der Waals surface area contributed by atoms with Crippen LogP contribution in [0.2, 0.25) is 5.02 Å². The van der Waals surface area contributed by atoms with E-state index in [-0.39, 0.29) is 30.2 Å². The molecular weight excluding hydrogens is 546 g/mol. The highest BCUT2D eigenvalue weighted by atomic mass is 35.5. The highest BCUT2D eigenvalue weighted by Crippen LogP contribution is 2.66. The van der Waals surface area contributed by atoms with Crippen LogP contribution in [0.3, 0.4) is 0 Å². The van der Waals surface area contributed by atoms with E-state index in [4.69, 9.17) is 11.6 Å². The summed E-state index contributed by atoms with van der Waals surface area (Å²) in [6.07, 6.45) is 9.64. The Hall–Kier alpha value is -2.29. The molecule has 40 heavy (non-hydrogen) atoms. The molecule has 9 heteroatoms. The zero-order valence-corrected chi connectivity index (χ0v) is 25.5. The molecule has 3 amide bonds. The standard InChI is InChI=1S/C31H40ClN3O4S/c1-6-15-33-16-9-13-30(5)23(27(33)37)24-28(38)35(22(18-36)19(3)7-2)26-29(39)34(17-10-14-31(24,26)40-30)25-20(4)11-8-12-21(25)32/h8-14,19,22-24,26,36H,6-7,15-18H2,1-5H3/t19-,22-,23+,24-,26?,30-,31-/m0/s1. The predicted octanol–water partition coefficient (Wildman–Crippen LogP) is 4.45. The normalized spacial score (nSPS) is 33.0. The van der Waals surface area contributed by atoms with Gasteiger partial charge in [-0.05, 0) is 37.8 Å². The largest absolute Gasteiger partial charge is 0.394 e. The number of halogens is 1. The number of carbonyl (C=O) groups is 3. The van der Waals surface area contributed by atoms with Crippen molar-refractivity contribution in [2.24, 2.45) is 17.8 Å². The zero-order valence-electron chi connectivity index (χ0n) is 24.0. The van der Waals surface area contributed by atoms with Gasteiger partial charge < -0.3 is 19.8 Å². The smallest absolute Gasteiger partial charge is 0.251 e. The molecule has 1 aromatic carbocycles. The lowest BCUT2D eigenvalue weighted by atomic mass is 9.74. The van der Waals surface area contributed by atoms with E-state index in [9.17, 15) is 19.5 Å². The molecular formula is C31H40ClN3O4S. The fourth-order valence-corrected chi connectivity index (χ4v) is 9.79. The van der Waals surface area contributed by atoms with Crippen LogP contribution in [0.1, 0.15) is 46.1 Å². The summed E-state index contributed by atoms with van der Waals surface area (Å²) in [7, 11) is 0. The highest BCUT2D eigenvalue weighted by Gasteiger charge is 2.74. The van der Waals surface area contributed by atoms with Crippen LogP contribution >= 0.6 is 23.4 Å². The number of para-hydroxylation sites is 1. The first-order valence-electron chi connectivity index (χ1n) is 14.4. The number of hydrogen-bond acceptors (Lipinski definition) is 5. The Balaban J connectivity index is 1.71. The van der Waals surface area contributed by atoms with E-state index in [1.807, 2.05) is 69.9 Å². The molecule has 216 valence electrons. The number of hydrogen-bond donors (Lipinski definition) is 1. The average molecular weight is 586 g/mol. The maximum absolute atomic E-state index is 14.8. The fraction of sp³-hybridized carbons (Fsp3) is 0.581. The first-order valence-corrected chi connectivity index (χ1v) is 15.6. The molecule has 7 atom stereocenters. The molecule has 0 bridgehead atoms. The summed E-state index contributed by atoms with van der Waals surface area (Å²) in [6.45, 7) is 11.2. The van der Waals surface area contributed by atoms with E-state index in [1.54, 1.807) is 27.6 Å². The van der Waals surface area contributed by atoms with Crippen molar-refractivity contribution in [2.75, 3.05) is 31.1 Å². The minimum Gasteiger partial charge on any atom is -0.394 e. The fourth-order valence-electron chi connectivity index (χ4n) is 7.32. The van der Waals surface area contributed by atoms with Crippen LogP contribution in [-0.4, -0.2) is 80.4 Å². The van der Waals surface area contributed by atoms with E-state index in [0.717, 1.165) is 18.4 Å². The SMILES string of the molecule is CCCN1CC=C[C@]2(C)S[C@]34C=CCN(c5c(C)cccc5Cl)C(=O)C3N([C@@H](CO)[C@@H](C)CC)C(=O)[C@@H]4[C@@H]2C1=O. The van der Waals surface area contributed by atoms with Gasteiger partial charge in [0.25, 0.3) is 5.91 Å². The molecule has 4 aliphatic heterocycles. The van der Waals surface area contributed by atoms with E-state index in [1.165, 1.54) is 0 Å². The monoisotopic (exact) mass is 585 g/mol. The number of amides is 3. The number of aliphatic hydroxyl groups excluding tert-OH is 1. The van der Waals surface area contributed by atoms with E-state index >= 15 is 0 Å². The number of benzene rings is 1. The first kappa shape index (κ1) is 29.2. The number of carbonyl (C=O) groups excluding carboxylic acids is 3. The number of anilines is 1. The quantitative estimate of drug-likeness (QED) is 0.478. The van der Waals surface area contributed by atoms with Crippen molar-refractivity contribution in [1.82, 2.24) is 9.80 Å². The number of aliphatic hydroxyl groups is 1. The lowest BCUT2D eigenvalue weighted by molar-refractivity contribution is -0.146. The van der Waals surface area contributed by atoms with Gasteiger partial charge in [-0.1, -0.05) is 75.2 Å². The Labute approximate surface area is 246 Å². The summed E-state index contributed by atoms with van der Waals surface area (Å²) in [5, 5.41) is 11.1. The molecule has 1 spiro atoms. The molecule has 7 nitrogen and oxygen atoms in total. The Morgan fingerprint density at radius 1 is 1.07 bits per heavy atom. The second-order valence-electron chi connectivity index (χ2n) is 11.8. The Kier molecular flexibility index (Phi) is 7.92. The van der Waals surface area contributed by atoms with Crippen molar-refractivity contribution in [3.8, 4) is 0 Å². The molecule has 1 N–H and O–H groups in total. The third-order valence-corrected chi connectivity index (χ3v) is 11.5. The average Bonchev–Trinajstić information content (AvgIpc) is 3.19. The number of aryl methyl sites for hydroxylation is 1. The Morgan fingerprint density at radius 2 is 1.80 bits per heavy atom. The zero-order chi connectivity index (χ0) is 29.0. The van der Waals surface area contributed by atoms with Crippen LogP contribution in [0, 0.1) is 24.7 Å². The lowest BCUT2D eigenvalue weighted by Crippen LogP contribution is -2.58. The summed E-state index contributed by atoms with van der Waals surface area (Å²) < 4.78 is -1.62. The van der Waals surface area contributed by atoms with Crippen molar-refractivity contribution in [3.63, 3.8) is 0 Å². The van der Waals surface area contributed by atoms with Gasteiger partial charge in [-0.25, -0.2) is 0 Å². The second kappa shape index (κ2) is 10.8. The molecule has 2 saturated heterocycles. The van der Waals surface area contributed by atoms with Crippen molar-refractivity contribution in [1.29, 1.82) is 0 Å². The van der Waals surface area contributed by atoms with Gasteiger partial charge in [-0.15, -0.1) is 11.8 Å². The van der Waals surface area contributed by atoms with Crippen LogP contribution in [0.4, 0.5) is 5.69 Å². The third-order valence-electron chi connectivity index (χ3n) is 9.38. The van der Waals surface area contributed by atoms with Gasteiger partial charge >= 0.3 is 0 Å². The lowest BCUT2D eigenvalue weighted by Gasteiger charge is -2.41. The van der Waals surface area contributed by atoms with Crippen LogP contribution in [0.15, 0.2) is 42.5 Å². The van der Waals surface area contributed by atoms with E-state index < -0.39 is 33.4 Å². The van der Waals surface area contributed by atoms with Gasteiger partial charge in [0, 0.05) is 24.4 Å². The molecule has 0 radical (unpaired) electrons. The van der Waals surface area contributed by atoms with Gasteiger partial charge in [-0.2, -0.15) is 0 Å². The second-order valence-corrected chi connectivity index (χ2v) is 14.0. The molecule has 4 aliphatic rings. The number of thioether (sulfide) groups is 1. The minimum absolute atomic E-state index is 0.0364. The molecule has 4 heterocycles. The van der Waals surface area contributed by atoms with Crippen LogP contribution in [-0.2, 0) is 14.4 Å². The summed E-state index contributed by atoms with van der Waals surface area (Å²) >= 11 is 8.23. The summed E-state index contributed by atoms with van der Waals surface area (Å²) in [5.41, 5.74) is 1.49. The molecule has 0 saturated carbocycles. The Bertz CT molecular complexity index is 1250. The van der Waals surface area contributed by atoms with Crippen molar-refractivity contribution in [3.05, 3.63) is 53.1 Å². The molecule has 1 aromatic rings. The maximum Gasteiger partial charge on any atom is 0.251 e. The Morgan fingerprint density at radius 3 is 2.45 bits per heavy atom. The van der Waals surface area contributed by atoms with Crippen LogP contribution in [0.5, 0.6) is 0 Å². The maximum atomic E-state index is 14.8. The molecule has 0 aliphatic carbocycles. The van der Waals surface area contributed by atoms with Gasteiger partial charge in [0.15, 0.2) is 0 Å². The van der Waals surface area contributed by atoms with Crippen molar-refractivity contribution in [2.45, 2.75) is 69.0 Å². The van der Waals surface area contributed by atoms with Crippen molar-refractivity contribution < 1.29 is 19.5 Å². The number of nitrogens with zero attached hydrogens (tertiary/aromatic N) is 3. The van der Waals surface area contributed by atoms with E-state index in [2.05, 4.69) is 6.08 Å². The van der Waals surface area contributed by atoms with Crippen molar-refractivity contribution >= 4 is 46.8 Å². The summed E-state index contributed by atoms with van der Waals surface area (Å²) in [4.78, 5) is 48.9. The van der Waals surface area contributed by atoms with Gasteiger partial charge in [0.1, 0.15) is 6.04 Å². The topological polar surface area (TPSA) is 81.2 Å². The molecule has 0 aromatic heterocycles. The molecule has 1 unspecified atom stereocenters. The number of fused-ring (bicyclic) bond motifs is 2. The van der Waals surface area contributed by atoms with Gasteiger partial charge in [-0.3, -0.25) is 14.4 Å². The van der Waals surface area contributed by atoms with E-state index in [0.29, 0.717) is 30.3 Å². The predicted molar refractivity (Wildman–Crippen MR) is 160 cm³/mol. The van der Waals surface area contributed by atoms with Gasteiger partial charge in [0.2, 0.25) is 11.8 Å². The number of rotatable bonds is 7. The summed E-state index contributed by atoms with van der Waals surface area (Å²) in [5.74, 6) is -1.88. The van der Waals surface area contributed by atoms with Gasteiger partial charge in [0.05, 0.1) is 39.9 Å². The van der Waals surface area contributed by atoms with Crippen LogP contribution in [0.25, 0.3) is 0 Å². The van der Waals surface area contributed by atoms with Crippen LogP contribution < -0.4 is 4.90 Å². The third kappa shape index (κ3) is 4.24. The molecule has 2 fully saturated rings.